The Labute approximate surface area is 119 Å². The number of carbonyl (C=O) groups is 1. The van der Waals surface area contributed by atoms with E-state index < -0.39 is 0 Å². The van der Waals surface area contributed by atoms with Gasteiger partial charge in [-0.15, -0.1) is 10.2 Å². The lowest BCUT2D eigenvalue weighted by Gasteiger charge is -2.05. The van der Waals surface area contributed by atoms with Gasteiger partial charge in [0.2, 0.25) is 11.8 Å². The van der Waals surface area contributed by atoms with Crippen molar-refractivity contribution < 1.29 is 13.9 Å². The minimum atomic E-state index is -0.171. The van der Waals surface area contributed by atoms with Crippen molar-refractivity contribution in [2.24, 2.45) is 5.73 Å². The predicted molar refractivity (Wildman–Crippen MR) is 74.5 cm³/mol. The molecule has 106 valence electrons. The molecule has 0 bridgehead atoms. The predicted octanol–water partition coefficient (Wildman–Crippen LogP) is 1.27. The zero-order chi connectivity index (χ0) is 14.4. The second-order valence-corrected chi connectivity index (χ2v) is 4.66. The lowest BCUT2D eigenvalue weighted by Crippen LogP contribution is -2.13. The second-order valence-electron chi connectivity index (χ2n) is 3.73. The molecule has 0 unspecified atom stereocenters. The van der Waals surface area contributed by atoms with Crippen molar-refractivity contribution >= 4 is 23.4 Å². The summed E-state index contributed by atoms with van der Waals surface area (Å²) in [6, 6.07) is 7.12. The van der Waals surface area contributed by atoms with Crippen molar-refractivity contribution in [3.05, 3.63) is 30.2 Å². The molecule has 2 aromatic rings. The number of thioether (sulfide) groups is 1. The van der Waals surface area contributed by atoms with E-state index in [-0.39, 0.29) is 18.2 Å². The van der Waals surface area contributed by atoms with Crippen molar-refractivity contribution in [1.82, 2.24) is 10.2 Å². The third-order valence-electron chi connectivity index (χ3n) is 2.30. The highest BCUT2D eigenvalue weighted by Gasteiger charge is 2.09. The Hall–Kier alpha value is -2.06. The summed E-state index contributed by atoms with van der Waals surface area (Å²) in [7, 11) is 1.57. The Morgan fingerprint density at radius 3 is 3.05 bits per heavy atom. The summed E-state index contributed by atoms with van der Waals surface area (Å²) in [4.78, 5) is 11.8. The lowest BCUT2D eigenvalue weighted by atomic mass is 10.3. The van der Waals surface area contributed by atoms with E-state index in [0.29, 0.717) is 22.6 Å². The molecular weight excluding hydrogens is 280 g/mol. The number of amides is 1. The Balaban J connectivity index is 1.85. The van der Waals surface area contributed by atoms with Gasteiger partial charge in [-0.05, 0) is 12.1 Å². The molecule has 1 amide bonds. The van der Waals surface area contributed by atoms with Crippen LogP contribution in [0.15, 0.2) is 33.9 Å². The molecule has 0 aliphatic carbocycles. The molecule has 0 spiro atoms. The normalized spacial score (nSPS) is 10.3. The zero-order valence-electron chi connectivity index (χ0n) is 10.8. The maximum Gasteiger partial charge on any atom is 0.277 e. The Bertz CT molecular complexity index is 588. The Morgan fingerprint density at radius 1 is 1.50 bits per heavy atom. The van der Waals surface area contributed by atoms with E-state index in [0.717, 1.165) is 11.8 Å². The standard InChI is InChI=1S/C12H14N4O3S/c1-18-9-4-2-3-8(5-9)14-10(17)7-20-12-16-15-11(6-13)19-12/h2-5H,6-7,13H2,1H3,(H,14,17). The molecule has 8 heteroatoms. The smallest absolute Gasteiger partial charge is 0.277 e. The lowest BCUT2D eigenvalue weighted by molar-refractivity contribution is -0.113. The molecule has 1 heterocycles. The fourth-order valence-electron chi connectivity index (χ4n) is 1.40. The molecule has 1 aromatic heterocycles. The number of benzene rings is 1. The van der Waals surface area contributed by atoms with E-state index in [2.05, 4.69) is 15.5 Å². The average molecular weight is 294 g/mol. The Kier molecular flexibility index (Phi) is 4.97. The molecule has 0 atom stereocenters. The van der Waals surface area contributed by atoms with Crippen LogP contribution in [0.4, 0.5) is 5.69 Å². The van der Waals surface area contributed by atoms with Gasteiger partial charge in [-0.3, -0.25) is 4.79 Å². The van der Waals surface area contributed by atoms with E-state index >= 15 is 0 Å². The highest BCUT2D eigenvalue weighted by Crippen LogP contribution is 2.19. The van der Waals surface area contributed by atoms with Crippen molar-refractivity contribution in [2.75, 3.05) is 18.2 Å². The summed E-state index contributed by atoms with van der Waals surface area (Å²) in [5, 5.41) is 10.5. The van der Waals surface area contributed by atoms with Gasteiger partial charge in [0, 0.05) is 11.8 Å². The van der Waals surface area contributed by atoms with Gasteiger partial charge < -0.3 is 20.2 Å². The minimum Gasteiger partial charge on any atom is -0.497 e. The molecule has 0 aliphatic rings. The number of nitrogens with zero attached hydrogens (tertiary/aromatic N) is 2. The molecule has 20 heavy (non-hydrogen) atoms. The highest BCUT2D eigenvalue weighted by molar-refractivity contribution is 7.99. The van der Waals surface area contributed by atoms with Crippen LogP contribution in [0.3, 0.4) is 0 Å². The van der Waals surface area contributed by atoms with Crippen molar-refractivity contribution in [1.29, 1.82) is 0 Å². The van der Waals surface area contributed by atoms with Crippen LogP contribution in [-0.2, 0) is 11.3 Å². The third kappa shape index (κ3) is 3.97. The van der Waals surface area contributed by atoms with Crippen LogP contribution in [0.25, 0.3) is 0 Å². The fourth-order valence-corrected chi connectivity index (χ4v) is 1.98. The largest absolute Gasteiger partial charge is 0.497 e. The molecule has 3 N–H and O–H groups in total. The van der Waals surface area contributed by atoms with Gasteiger partial charge in [-0.1, -0.05) is 17.8 Å². The first-order chi connectivity index (χ1) is 9.71. The molecule has 0 fully saturated rings. The van der Waals surface area contributed by atoms with E-state index in [1.165, 1.54) is 0 Å². The van der Waals surface area contributed by atoms with Gasteiger partial charge in [0.25, 0.3) is 5.22 Å². The average Bonchev–Trinajstić information content (AvgIpc) is 2.93. The monoisotopic (exact) mass is 294 g/mol. The third-order valence-corrected chi connectivity index (χ3v) is 3.12. The fraction of sp³-hybridized carbons (Fsp3) is 0.250. The number of hydrogen-bond acceptors (Lipinski definition) is 7. The Morgan fingerprint density at radius 2 is 2.35 bits per heavy atom. The maximum absolute atomic E-state index is 11.8. The van der Waals surface area contributed by atoms with Gasteiger partial charge in [0.1, 0.15) is 5.75 Å². The number of rotatable bonds is 6. The number of nitrogens with two attached hydrogens (primary N) is 1. The number of methoxy groups -OCH3 is 1. The SMILES string of the molecule is COc1cccc(NC(=O)CSc2nnc(CN)o2)c1. The first kappa shape index (κ1) is 14.4. The summed E-state index contributed by atoms with van der Waals surface area (Å²) in [6.45, 7) is 0.184. The van der Waals surface area contributed by atoms with E-state index in [1.807, 2.05) is 0 Å². The van der Waals surface area contributed by atoms with Crippen LogP contribution in [0, 0.1) is 0 Å². The molecule has 7 nitrogen and oxygen atoms in total. The molecule has 0 saturated heterocycles. The summed E-state index contributed by atoms with van der Waals surface area (Å²) in [5.74, 6) is 1.03. The van der Waals surface area contributed by atoms with Gasteiger partial charge in [-0.2, -0.15) is 0 Å². The summed E-state index contributed by atoms with van der Waals surface area (Å²) in [5.41, 5.74) is 6.02. The van der Waals surface area contributed by atoms with E-state index in [4.69, 9.17) is 14.9 Å². The van der Waals surface area contributed by atoms with Crippen molar-refractivity contribution in [3.8, 4) is 5.75 Å². The quantitative estimate of drug-likeness (QED) is 0.773. The summed E-state index contributed by atoms with van der Waals surface area (Å²) in [6.07, 6.45) is 0. The number of aromatic nitrogens is 2. The summed E-state index contributed by atoms with van der Waals surface area (Å²) >= 11 is 1.15. The van der Waals surface area contributed by atoms with Crippen molar-refractivity contribution in [2.45, 2.75) is 11.8 Å². The summed E-state index contributed by atoms with van der Waals surface area (Å²) < 4.78 is 10.3. The minimum absolute atomic E-state index is 0.170. The number of nitrogens with one attached hydrogen (secondary N) is 1. The second kappa shape index (κ2) is 6.92. The molecule has 0 radical (unpaired) electrons. The van der Waals surface area contributed by atoms with Crippen LogP contribution in [-0.4, -0.2) is 29.0 Å². The number of anilines is 1. The van der Waals surface area contributed by atoms with Crippen molar-refractivity contribution in [3.63, 3.8) is 0 Å². The topological polar surface area (TPSA) is 103 Å². The van der Waals surface area contributed by atoms with Gasteiger partial charge in [0.15, 0.2) is 0 Å². The van der Waals surface area contributed by atoms with Crippen LogP contribution in [0.5, 0.6) is 5.75 Å². The van der Waals surface area contributed by atoms with Gasteiger partial charge >= 0.3 is 0 Å². The van der Waals surface area contributed by atoms with E-state index in [9.17, 15) is 4.79 Å². The van der Waals surface area contributed by atoms with E-state index in [1.54, 1.807) is 31.4 Å². The van der Waals surface area contributed by atoms with Gasteiger partial charge in [-0.25, -0.2) is 0 Å². The zero-order valence-corrected chi connectivity index (χ0v) is 11.6. The number of ether oxygens (including phenoxy) is 1. The maximum atomic E-state index is 11.8. The molecule has 0 saturated carbocycles. The van der Waals surface area contributed by atoms with Crippen LogP contribution in [0.1, 0.15) is 5.89 Å². The number of carbonyl (C=O) groups excluding carboxylic acids is 1. The van der Waals surface area contributed by atoms with Crippen LogP contribution in [0.2, 0.25) is 0 Å². The highest BCUT2D eigenvalue weighted by atomic mass is 32.2. The number of hydrogen-bond donors (Lipinski definition) is 2. The molecule has 0 aliphatic heterocycles. The molecule has 2 rings (SSSR count). The first-order valence-corrected chi connectivity index (χ1v) is 6.79. The molecular formula is C12H14N4O3S. The molecule has 1 aromatic carbocycles. The van der Waals surface area contributed by atoms with Crippen LogP contribution >= 0.6 is 11.8 Å². The van der Waals surface area contributed by atoms with Gasteiger partial charge in [0.05, 0.1) is 19.4 Å². The first-order valence-electron chi connectivity index (χ1n) is 5.80. The van der Waals surface area contributed by atoms with Crippen LogP contribution < -0.4 is 15.8 Å².